The maximum atomic E-state index is 10.1. The van der Waals surface area contributed by atoms with Crippen LogP contribution in [-0.4, -0.2) is 45.4 Å². The van der Waals surface area contributed by atoms with E-state index in [0.717, 1.165) is 11.3 Å². The molecule has 8 heteroatoms. The van der Waals surface area contributed by atoms with Gasteiger partial charge in [-0.1, -0.05) is 43.5 Å². The van der Waals surface area contributed by atoms with E-state index in [1.54, 1.807) is 6.92 Å². The Morgan fingerprint density at radius 3 is 2.47 bits per heavy atom. The number of fused-ring (bicyclic) bond motifs is 1. The van der Waals surface area contributed by atoms with Crippen molar-refractivity contribution in [2.45, 2.75) is 64.4 Å². The van der Waals surface area contributed by atoms with Gasteiger partial charge in [-0.3, -0.25) is 4.79 Å². The van der Waals surface area contributed by atoms with E-state index in [1.807, 2.05) is 13.8 Å². The summed E-state index contributed by atoms with van der Waals surface area (Å²) in [5.74, 6) is 1.17. The molecule has 1 aromatic carbocycles. The Morgan fingerprint density at radius 1 is 1.19 bits per heavy atom. The van der Waals surface area contributed by atoms with Crippen LogP contribution < -0.4 is 15.8 Å². The third kappa shape index (κ3) is 5.62. The number of hydrogen-bond acceptors (Lipinski definition) is 7. The highest BCUT2D eigenvalue weighted by molar-refractivity contribution is 6.09. The fourth-order valence-electron chi connectivity index (χ4n) is 4.11. The fourth-order valence-corrected chi connectivity index (χ4v) is 4.11. The molecule has 1 amide bonds. The largest absolute Gasteiger partial charge is 0.463 e. The van der Waals surface area contributed by atoms with Gasteiger partial charge >= 0.3 is 0 Å². The Morgan fingerprint density at radius 2 is 1.88 bits per heavy atom. The molecule has 0 saturated heterocycles. The molecule has 0 atom stereocenters. The third-order valence-electron chi connectivity index (χ3n) is 5.74. The summed E-state index contributed by atoms with van der Waals surface area (Å²) in [4.78, 5) is 23.0. The molecule has 0 bridgehead atoms. The maximum Gasteiger partial charge on any atom is 0.246 e. The fraction of sp³-hybridized carbons (Fsp3) is 0.500. The van der Waals surface area contributed by atoms with Crippen LogP contribution in [0.1, 0.15) is 69.9 Å². The lowest BCUT2D eigenvalue weighted by atomic mass is 9.83. The molecular formula is C24H33N5O3. The summed E-state index contributed by atoms with van der Waals surface area (Å²) in [6.45, 7) is 5.98. The lowest BCUT2D eigenvalue weighted by Crippen LogP contribution is -2.41. The van der Waals surface area contributed by atoms with Crippen molar-refractivity contribution in [3.05, 3.63) is 41.7 Å². The lowest BCUT2D eigenvalue weighted by Gasteiger charge is -2.32. The number of aliphatic hydroxyl groups is 1. The van der Waals surface area contributed by atoms with E-state index in [2.05, 4.69) is 39.6 Å². The second kappa shape index (κ2) is 10.5. The van der Waals surface area contributed by atoms with E-state index in [9.17, 15) is 4.79 Å². The second-order valence-corrected chi connectivity index (χ2v) is 8.55. The number of aliphatic hydroxyl groups excluding tert-OH is 1. The number of ether oxygens (including phenoxy) is 1. The first-order valence-corrected chi connectivity index (χ1v) is 11.2. The average molecular weight is 440 g/mol. The van der Waals surface area contributed by atoms with Crippen LogP contribution in [-0.2, 0) is 4.79 Å². The average Bonchev–Trinajstić information content (AvgIpc) is 2.79. The lowest BCUT2D eigenvalue weighted by molar-refractivity contribution is -0.123. The van der Waals surface area contributed by atoms with Gasteiger partial charge in [-0.15, -0.1) is 0 Å². The summed E-state index contributed by atoms with van der Waals surface area (Å²) < 4.78 is 6.05. The topological polar surface area (TPSA) is 123 Å². The number of nitrogens with zero attached hydrogens (tertiary/aromatic N) is 3. The van der Waals surface area contributed by atoms with Crippen LogP contribution in [0.4, 0.5) is 11.5 Å². The van der Waals surface area contributed by atoms with Gasteiger partial charge in [0.15, 0.2) is 11.5 Å². The summed E-state index contributed by atoms with van der Waals surface area (Å²) in [5.41, 5.74) is 9.25. The number of rotatable bonds is 4. The van der Waals surface area contributed by atoms with Crippen molar-refractivity contribution in [1.82, 2.24) is 15.3 Å². The zero-order chi connectivity index (χ0) is 23.1. The molecule has 172 valence electrons. The molecule has 1 saturated carbocycles. The Balaban J connectivity index is 0.000000360. The van der Waals surface area contributed by atoms with Crippen molar-refractivity contribution in [1.29, 1.82) is 0 Å². The van der Waals surface area contributed by atoms with E-state index in [-0.39, 0.29) is 5.91 Å². The molecule has 2 aliphatic rings. The number of nitrogen functional groups attached to an aromatic ring is 1. The number of anilines is 1. The monoisotopic (exact) mass is 439 g/mol. The molecule has 2 aromatic rings. The van der Waals surface area contributed by atoms with Crippen molar-refractivity contribution >= 4 is 23.1 Å². The van der Waals surface area contributed by atoms with E-state index in [4.69, 9.17) is 20.6 Å². The van der Waals surface area contributed by atoms with Crippen LogP contribution >= 0.6 is 0 Å². The summed E-state index contributed by atoms with van der Waals surface area (Å²) in [5, 5.41) is 10.5. The van der Waals surface area contributed by atoms with Crippen LogP contribution in [0.15, 0.2) is 35.6 Å². The van der Waals surface area contributed by atoms with Crippen molar-refractivity contribution in [2.24, 2.45) is 4.99 Å². The molecule has 0 radical (unpaired) electrons. The SMILES string of the molecule is CC1(C)Oc2ncnc(N)c2N=C1c1ccc(C2CCCCC2)cc1.CCNC(=O)CO. The molecule has 1 aromatic heterocycles. The minimum absolute atomic E-state index is 0.317. The first-order valence-electron chi connectivity index (χ1n) is 11.2. The van der Waals surface area contributed by atoms with Gasteiger partial charge in [-0.05, 0) is 45.1 Å². The van der Waals surface area contributed by atoms with E-state index >= 15 is 0 Å². The third-order valence-corrected chi connectivity index (χ3v) is 5.74. The molecule has 0 unspecified atom stereocenters. The smallest absolute Gasteiger partial charge is 0.246 e. The molecule has 1 aliphatic carbocycles. The number of hydrogen-bond donors (Lipinski definition) is 3. The number of benzene rings is 1. The predicted molar refractivity (Wildman–Crippen MR) is 125 cm³/mol. The Labute approximate surface area is 189 Å². The molecular weight excluding hydrogens is 406 g/mol. The first-order chi connectivity index (χ1) is 15.4. The van der Waals surface area contributed by atoms with Crippen LogP contribution in [0.2, 0.25) is 0 Å². The summed E-state index contributed by atoms with van der Waals surface area (Å²) in [6, 6.07) is 8.78. The zero-order valence-corrected chi connectivity index (χ0v) is 19.1. The van der Waals surface area contributed by atoms with Crippen molar-refractivity contribution in [3.63, 3.8) is 0 Å². The second-order valence-electron chi connectivity index (χ2n) is 8.55. The Kier molecular flexibility index (Phi) is 7.80. The van der Waals surface area contributed by atoms with Crippen LogP contribution in [0.3, 0.4) is 0 Å². The van der Waals surface area contributed by atoms with Crippen LogP contribution in [0.5, 0.6) is 5.88 Å². The molecule has 2 heterocycles. The molecule has 1 fully saturated rings. The quantitative estimate of drug-likeness (QED) is 0.670. The predicted octanol–water partition coefficient (Wildman–Crippen LogP) is 3.51. The molecule has 4 rings (SSSR count). The minimum Gasteiger partial charge on any atom is -0.463 e. The van der Waals surface area contributed by atoms with Crippen molar-refractivity contribution in [2.75, 3.05) is 18.9 Å². The highest BCUT2D eigenvalue weighted by atomic mass is 16.5. The highest BCUT2D eigenvalue weighted by Crippen LogP contribution is 2.39. The van der Waals surface area contributed by atoms with Crippen molar-refractivity contribution < 1.29 is 14.6 Å². The van der Waals surface area contributed by atoms with E-state index in [0.29, 0.717) is 29.8 Å². The van der Waals surface area contributed by atoms with Gasteiger partial charge in [0.1, 0.15) is 18.5 Å². The Hall–Kier alpha value is -3.00. The number of carbonyl (C=O) groups is 1. The summed E-state index contributed by atoms with van der Waals surface area (Å²) in [7, 11) is 0. The van der Waals surface area contributed by atoms with Crippen LogP contribution in [0, 0.1) is 0 Å². The maximum absolute atomic E-state index is 10.1. The summed E-state index contributed by atoms with van der Waals surface area (Å²) in [6.07, 6.45) is 8.07. The van der Waals surface area contributed by atoms with Crippen molar-refractivity contribution in [3.8, 4) is 5.88 Å². The molecule has 4 N–H and O–H groups in total. The standard InChI is InChI=1S/C20H24N4O.C4H9NO2/c1-20(2)17(24-16-18(21)22-12-23-19(16)25-20)15-10-8-14(9-11-15)13-6-4-3-5-7-13;1-2-5-4(7)3-6/h8-13H,3-7H2,1-2H3,(H2,21,22,23);6H,2-3H2,1H3,(H,5,7). The first kappa shape index (κ1) is 23.7. The van der Waals surface area contributed by atoms with Gasteiger partial charge in [0.25, 0.3) is 0 Å². The van der Waals surface area contributed by atoms with Gasteiger partial charge in [0.2, 0.25) is 11.8 Å². The van der Waals surface area contributed by atoms with Gasteiger partial charge in [0.05, 0.1) is 5.71 Å². The number of carbonyl (C=O) groups excluding carboxylic acids is 1. The number of nitrogens with one attached hydrogen (secondary N) is 1. The zero-order valence-electron chi connectivity index (χ0n) is 19.1. The minimum atomic E-state index is -0.569. The Bertz CT molecular complexity index is 951. The van der Waals surface area contributed by atoms with Gasteiger partial charge in [-0.2, -0.15) is 4.98 Å². The highest BCUT2D eigenvalue weighted by Gasteiger charge is 2.35. The van der Waals surface area contributed by atoms with Crippen LogP contribution in [0.25, 0.3) is 0 Å². The number of aromatic nitrogens is 2. The van der Waals surface area contributed by atoms with Gasteiger partial charge in [-0.25, -0.2) is 9.98 Å². The normalized spacial score (nSPS) is 17.2. The molecule has 0 spiro atoms. The molecule has 1 aliphatic heterocycles. The summed E-state index contributed by atoms with van der Waals surface area (Å²) >= 11 is 0. The molecule has 8 nitrogen and oxygen atoms in total. The van der Waals surface area contributed by atoms with E-state index < -0.39 is 12.2 Å². The van der Waals surface area contributed by atoms with Gasteiger partial charge < -0.3 is 20.9 Å². The molecule has 32 heavy (non-hydrogen) atoms. The number of amides is 1. The van der Waals surface area contributed by atoms with Gasteiger partial charge in [0, 0.05) is 12.1 Å². The van der Waals surface area contributed by atoms with E-state index in [1.165, 1.54) is 44.0 Å². The number of likely N-dealkylation sites (N-methyl/N-ethyl adjacent to an activating group) is 1. The number of nitrogens with two attached hydrogens (primary N) is 1. The number of aliphatic imine (C=N–C) groups is 1.